The van der Waals surface area contributed by atoms with Crippen LogP contribution in [0.15, 0.2) is 23.0 Å². The molecular weight excluding hydrogens is 310 g/mol. The lowest BCUT2D eigenvalue weighted by molar-refractivity contribution is 0.0466. The van der Waals surface area contributed by atoms with Gasteiger partial charge in [0.2, 0.25) is 5.78 Å². The van der Waals surface area contributed by atoms with E-state index in [-0.39, 0.29) is 23.6 Å². The molecule has 7 heteroatoms. The Morgan fingerprint density at radius 2 is 1.96 bits per heavy atom. The van der Waals surface area contributed by atoms with Crippen molar-refractivity contribution in [2.75, 3.05) is 6.61 Å². The Hall–Kier alpha value is -2.70. The second kappa shape index (κ2) is 7.25. The van der Waals surface area contributed by atoms with Gasteiger partial charge in [0.05, 0.1) is 0 Å². The molecule has 0 N–H and O–H groups in total. The van der Waals surface area contributed by atoms with Gasteiger partial charge in [-0.2, -0.15) is 5.10 Å². The summed E-state index contributed by atoms with van der Waals surface area (Å²) in [7, 11) is 1.87. The summed E-state index contributed by atoms with van der Waals surface area (Å²) in [5.74, 6) is -0.995. The summed E-state index contributed by atoms with van der Waals surface area (Å²) in [5.41, 5.74) is 2.04. The molecule has 0 fully saturated rings. The molecule has 0 aliphatic carbocycles. The topological polar surface area (TPSA) is 83.2 Å². The maximum atomic E-state index is 12.2. The van der Waals surface area contributed by atoms with E-state index >= 15 is 0 Å². The standard InChI is InChI=1S/C17H21N3O4/c1-5-8-20-16(22)7-6-14(18-20)17(23)24-10-15(21)13-9-11(2)19(4)12(13)3/h6-7,9H,5,8,10H2,1-4H3. The highest BCUT2D eigenvalue weighted by Gasteiger charge is 2.17. The summed E-state index contributed by atoms with van der Waals surface area (Å²) in [4.78, 5) is 35.9. The quantitative estimate of drug-likeness (QED) is 0.594. The summed E-state index contributed by atoms with van der Waals surface area (Å²) in [6.45, 7) is 5.70. The molecule has 0 unspecified atom stereocenters. The average molecular weight is 331 g/mol. The van der Waals surface area contributed by atoms with Crippen LogP contribution in [0, 0.1) is 13.8 Å². The van der Waals surface area contributed by atoms with Gasteiger partial charge in [0.1, 0.15) is 0 Å². The van der Waals surface area contributed by atoms with Crippen molar-refractivity contribution in [1.82, 2.24) is 14.3 Å². The number of Topliss-reactive ketones (excluding diaryl/α,β-unsaturated/α-hetero) is 1. The zero-order valence-electron chi connectivity index (χ0n) is 14.3. The Balaban J connectivity index is 2.07. The van der Waals surface area contributed by atoms with E-state index in [1.165, 1.54) is 16.8 Å². The SMILES string of the molecule is CCCn1nc(C(=O)OCC(=O)c2cc(C)n(C)c2C)ccc1=O. The highest BCUT2D eigenvalue weighted by Crippen LogP contribution is 2.14. The molecule has 2 heterocycles. The number of aryl methyl sites for hydroxylation is 2. The number of carbonyl (C=O) groups excluding carboxylic acids is 2. The van der Waals surface area contributed by atoms with Gasteiger partial charge in [-0.15, -0.1) is 0 Å². The number of rotatable bonds is 6. The number of aromatic nitrogens is 3. The van der Waals surface area contributed by atoms with Gasteiger partial charge in [0.25, 0.3) is 5.56 Å². The Labute approximate surface area is 139 Å². The van der Waals surface area contributed by atoms with Crippen molar-refractivity contribution in [1.29, 1.82) is 0 Å². The first-order valence-corrected chi connectivity index (χ1v) is 7.76. The predicted molar refractivity (Wildman–Crippen MR) is 88.3 cm³/mol. The fourth-order valence-corrected chi connectivity index (χ4v) is 2.35. The van der Waals surface area contributed by atoms with Crippen LogP contribution in [-0.2, 0) is 18.3 Å². The van der Waals surface area contributed by atoms with Crippen molar-refractivity contribution in [3.63, 3.8) is 0 Å². The molecule has 0 aliphatic heterocycles. The fraction of sp³-hybridized carbons (Fsp3) is 0.412. The predicted octanol–water partition coefficient (Wildman–Crippen LogP) is 1.65. The van der Waals surface area contributed by atoms with Crippen LogP contribution in [0.5, 0.6) is 0 Å². The lowest BCUT2D eigenvalue weighted by Gasteiger charge is -2.06. The smallest absolute Gasteiger partial charge is 0.359 e. The summed E-state index contributed by atoms with van der Waals surface area (Å²) in [6.07, 6.45) is 0.719. The van der Waals surface area contributed by atoms with Gasteiger partial charge in [-0.3, -0.25) is 9.59 Å². The largest absolute Gasteiger partial charge is 0.453 e. The number of hydrogen-bond acceptors (Lipinski definition) is 5. The molecule has 0 aliphatic rings. The zero-order valence-corrected chi connectivity index (χ0v) is 14.3. The van der Waals surface area contributed by atoms with E-state index in [1.54, 1.807) is 6.07 Å². The fourth-order valence-electron chi connectivity index (χ4n) is 2.35. The summed E-state index contributed by atoms with van der Waals surface area (Å²) in [6, 6.07) is 4.34. The van der Waals surface area contributed by atoms with Crippen LogP contribution in [0.2, 0.25) is 0 Å². The van der Waals surface area contributed by atoms with Crippen molar-refractivity contribution in [3.8, 4) is 0 Å². The van der Waals surface area contributed by atoms with Crippen molar-refractivity contribution in [2.24, 2.45) is 7.05 Å². The minimum absolute atomic E-state index is 0.0109. The van der Waals surface area contributed by atoms with Gasteiger partial charge in [0.15, 0.2) is 12.3 Å². The zero-order chi connectivity index (χ0) is 17.9. The maximum Gasteiger partial charge on any atom is 0.359 e. The van der Waals surface area contributed by atoms with Crippen LogP contribution < -0.4 is 5.56 Å². The van der Waals surface area contributed by atoms with Gasteiger partial charge in [-0.25, -0.2) is 9.48 Å². The molecule has 0 saturated heterocycles. The average Bonchev–Trinajstić information content (AvgIpc) is 2.82. The van der Waals surface area contributed by atoms with Crippen molar-refractivity contribution in [3.05, 3.63) is 51.2 Å². The molecule has 2 aromatic rings. The van der Waals surface area contributed by atoms with Gasteiger partial charge >= 0.3 is 5.97 Å². The monoisotopic (exact) mass is 331 g/mol. The minimum Gasteiger partial charge on any atom is -0.453 e. The highest BCUT2D eigenvalue weighted by molar-refractivity contribution is 6.00. The summed E-state index contributed by atoms with van der Waals surface area (Å²) in [5, 5.41) is 3.96. The van der Waals surface area contributed by atoms with Crippen LogP contribution >= 0.6 is 0 Å². The third-order valence-corrected chi connectivity index (χ3v) is 3.92. The molecular formula is C17H21N3O4. The second-order valence-corrected chi connectivity index (χ2v) is 5.62. The number of carbonyl (C=O) groups is 2. The van der Waals surface area contributed by atoms with Crippen LogP contribution in [0.3, 0.4) is 0 Å². The van der Waals surface area contributed by atoms with Gasteiger partial charge in [0, 0.05) is 36.6 Å². The number of ketones is 1. The molecule has 24 heavy (non-hydrogen) atoms. The molecule has 2 rings (SSSR count). The van der Waals surface area contributed by atoms with Gasteiger partial charge < -0.3 is 9.30 Å². The van der Waals surface area contributed by atoms with Crippen LogP contribution in [0.25, 0.3) is 0 Å². The molecule has 0 aromatic carbocycles. The Morgan fingerprint density at radius 1 is 1.25 bits per heavy atom. The van der Waals surface area contributed by atoms with E-state index in [0.717, 1.165) is 17.8 Å². The minimum atomic E-state index is -0.724. The Kier molecular flexibility index (Phi) is 5.33. The number of hydrogen-bond donors (Lipinski definition) is 0. The molecule has 128 valence electrons. The van der Waals surface area contributed by atoms with Crippen LogP contribution in [0.1, 0.15) is 45.6 Å². The molecule has 2 aromatic heterocycles. The molecule has 0 atom stereocenters. The summed E-state index contributed by atoms with van der Waals surface area (Å²) < 4.78 is 8.16. The first-order chi connectivity index (χ1) is 11.3. The van der Waals surface area contributed by atoms with E-state index < -0.39 is 5.97 Å². The van der Waals surface area contributed by atoms with Crippen molar-refractivity contribution < 1.29 is 14.3 Å². The molecule has 0 saturated carbocycles. The number of nitrogens with zero attached hydrogens (tertiary/aromatic N) is 3. The van der Waals surface area contributed by atoms with E-state index in [1.807, 2.05) is 32.4 Å². The normalized spacial score (nSPS) is 10.7. The number of esters is 1. The first-order valence-electron chi connectivity index (χ1n) is 7.76. The maximum absolute atomic E-state index is 12.2. The summed E-state index contributed by atoms with van der Waals surface area (Å²) >= 11 is 0. The molecule has 7 nitrogen and oxygen atoms in total. The third kappa shape index (κ3) is 3.61. The number of ether oxygens (including phenoxy) is 1. The second-order valence-electron chi connectivity index (χ2n) is 5.62. The highest BCUT2D eigenvalue weighted by atomic mass is 16.5. The Morgan fingerprint density at radius 3 is 2.54 bits per heavy atom. The molecule has 0 amide bonds. The molecule has 0 radical (unpaired) electrons. The van der Waals surface area contributed by atoms with E-state index in [9.17, 15) is 14.4 Å². The lowest BCUT2D eigenvalue weighted by Crippen LogP contribution is -2.25. The van der Waals surface area contributed by atoms with E-state index in [2.05, 4.69) is 5.10 Å². The lowest BCUT2D eigenvalue weighted by atomic mass is 10.1. The van der Waals surface area contributed by atoms with Crippen LogP contribution in [0.4, 0.5) is 0 Å². The van der Waals surface area contributed by atoms with Crippen molar-refractivity contribution >= 4 is 11.8 Å². The van der Waals surface area contributed by atoms with Crippen LogP contribution in [-0.4, -0.2) is 32.7 Å². The van der Waals surface area contributed by atoms with E-state index in [0.29, 0.717) is 12.1 Å². The van der Waals surface area contributed by atoms with E-state index in [4.69, 9.17) is 4.74 Å². The van der Waals surface area contributed by atoms with Gasteiger partial charge in [-0.05, 0) is 32.4 Å². The molecule has 0 bridgehead atoms. The van der Waals surface area contributed by atoms with Crippen molar-refractivity contribution in [2.45, 2.75) is 33.7 Å². The Bertz CT molecular complexity index is 833. The van der Waals surface area contributed by atoms with Gasteiger partial charge in [-0.1, -0.05) is 6.92 Å². The first kappa shape index (κ1) is 17.7. The third-order valence-electron chi connectivity index (χ3n) is 3.92. The molecule has 0 spiro atoms.